The molecule has 0 spiro atoms. The first-order valence-electron chi connectivity index (χ1n) is 9.83. The fourth-order valence-corrected chi connectivity index (χ4v) is 3.09. The summed E-state index contributed by atoms with van der Waals surface area (Å²) in [4.78, 5) is 12.4. The van der Waals surface area contributed by atoms with Crippen LogP contribution in [0.15, 0.2) is 48.5 Å². The van der Waals surface area contributed by atoms with E-state index in [9.17, 15) is 4.79 Å². The quantitative estimate of drug-likeness (QED) is 0.632. The van der Waals surface area contributed by atoms with E-state index in [0.29, 0.717) is 24.5 Å². The molecular formula is C22H26N2O4S. The van der Waals surface area contributed by atoms with Crippen LogP contribution in [0, 0.1) is 0 Å². The van der Waals surface area contributed by atoms with Crippen molar-refractivity contribution in [3.63, 3.8) is 0 Å². The molecule has 1 atom stereocenters. The molecule has 1 fully saturated rings. The van der Waals surface area contributed by atoms with Crippen LogP contribution in [0.4, 0.5) is 5.69 Å². The first-order valence-corrected chi connectivity index (χ1v) is 10.2. The maximum absolute atomic E-state index is 12.4. The topological polar surface area (TPSA) is 68.8 Å². The normalized spacial score (nSPS) is 15.6. The molecule has 0 aliphatic carbocycles. The van der Waals surface area contributed by atoms with Crippen LogP contribution < -0.4 is 20.1 Å². The number of amides is 1. The third-order valence-electron chi connectivity index (χ3n) is 4.37. The summed E-state index contributed by atoms with van der Waals surface area (Å²) in [5, 5.41) is 5.91. The van der Waals surface area contributed by atoms with Gasteiger partial charge in [-0.15, -0.1) is 0 Å². The Kier molecular flexibility index (Phi) is 7.84. The lowest BCUT2D eigenvalue weighted by Crippen LogP contribution is -2.34. The highest BCUT2D eigenvalue weighted by molar-refractivity contribution is 7.80. The van der Waals surface area contributed by atoms with E-state index < -0.39 is 0 Å². The fraction of sp³-hybridized carbons (Fsp3) is 0.364. The van der Waals surface area contributed by atoms with E-state index in [1.54, 1.807) is 18.2 Å². The van der Waals surface area contributed by atoms with Gasteiger partial charge in [0.15, 0.2) is 5.11 Å². The van der Waals surface area contributed by atoms with Gasteiger partial charge in [-0.3, -0.25) is 10.1 Å². The third-order valence-corrected chi connectivity index (χ3v) is 4.57. The van der Waals surface area contributed by atoms with Gasteiger partial charge in [-0.2, -0.15) is 0 Å². The molecule has 1 aliphatic heterocycles. The van der Waals surface area contributed by atoms with Crippen molar-refractivity contribution in [2.24, 2.45) is 0 Å². The van der Waals surface area contributed by atoms with Crippen LogP contribution in [-0.4, -0.2) is 36.9 Å². The first kappa shape index (κ1) is 21.1. The average molecular weight is 415 g/mol. The van der Waals surface area contributed by atoms with E-state index in [2.05, 4.69) is 10.6 Å². The first-order chi connectivity index (χ1) is 14.1. The Morgan fingerprint density at radius 1 is 1.17 bits per heavy atom. The molecule has 3 rings (SSSR count). The van der Waals surface area contributed by atoms with Gasteiger partial charge >= 0.3 is 0 Å². The highest BCUT2D eigenvalue weighted by Gasteiger charge is 2.16. The van der Waals surface area contributed by atoms with Crippen molar-refractivity contribution in [3.05, 3.63) is 54.1 Å². The van der Waals surface area contributed by atoms with Crippen molar-refractivity contribution in [2.75, 3.05) is 25.1 Å². The molecule has 1 unspecified atom stereocenters. The Bertz CT molecular complexity index is 820. The number of hydrogen-bond acceptors (Lipinski definition) is 5. The second-order valence-electron chi connectivity index (χ2n) is 6.75. The number of carbonyl (C=O) groups excluding carboxylic acids is 1. The van der Waals surface area contributed by atoms with E-state index >= 15 is 0 Å². The van der Waals surface area contributed by atoms with Gasteiger partial charge in [0.2, 0.25) is 0 Å². The highest BCUT2D eigenvalue weighted by atomic mass is 32.1. The monoisotopic (exact) mass is 414 g/mol. The maximum atomic E-state index is 12.4. The third kappa shape index (κ3) is 6.73. The number of thiocarbonyl (C=S) groups is 1. The molecule has 0 aromatic heterocycles. The molecule has 2 N–H and O–H groups in total. The Labute approximate surface area is 176 Å². The van der Waals surface area contributed by atoms with E-state index in [1.807, 2.05) is 37.3 Å². The molecule has 1 saturated heterocycles. The number of carbonyl (C=O) groups is 1. The van der Waals surface area contributed by atoms with Gasteiger partial charge in [-0.1, -0.05) is 13.0 Å². The molecule has 7 heteroatoms. The molecule has 29 heavy (non-hydrogen) atoms. The summed E-state index contributed by atoms with van der Waals surface area (Å²) in [6.45, 7) is 4.01. The number of anilines is 1. The Morgan fingerprint density at radius 3 is 2.72 bits per heavy atom. The lowest BCUT2D eigenvalue weighted by Gasteiger charge is -2.13. The summed E-state index contributed by atoms with van der Waals surface area (Å²) < 4.78 is 16.9. The molecule has 1 amide bonds. The fourth-order valence-electron chi connectivity index (χ4n) is 2.88. The minimum absolute atomic E-state index is 0.182. The molecule has 2 aromatic rings. The number of hydrogen-bond donors (Lipinski definition) is 2. The van der Waals surface area contributed by atoms with Crippen LogP contribution in [0.25, 0.3) is 0 Å². The van der Waals surface area contributed by atoms with Gasteiger partial charge in [0, 0.05) is 17.9 Å². The summed E-state index contributed by atoms with van der Waals surface area (Å²) in [7, 11) is 0. The van der Waals surface area contributed by atoms with Crippen molar-refractivity contribution < 1.29 is 19.0 Å². The maximum Gasteiger partial charge on any atom is 0.257 e. The van der Waals surface area contributed by atoms with Gasteiger partial charge in [0.1, 0.15) is 18.1 Å². The molecule has 154 valence electrons. The van der Waals surface area contributed by atoms with Gasteiger partial charge in [0.25, 0.3) is 5.91 Å². The molecule has 0 bridgehead atoms. The Balaban J connectivity index is 1.47. The van der Waals surface area contributed by atoms with Crippen molar-refractivity contribution in [1.82, 2.24) is 5.32 Å². The lowest BCUT2D eigenvalue weighted by molar-refractivity contribution is 0.0679. The Hall–Kier alpha value is -2.64. The van der Waals surface area contributed by atoms with Gasteiger partial charge in [-0.05, 0) is 73.9 Å². The lowest BCUT2D eigenvalue weighted by atomic mass is 10.2. The molecule has 0 saturated carbocycles. The standard InChI is InChI=1S/C22H26N2O4S/c1-2-12-26-19-6-3-5-16(14-19)21(25)24-22(29)23-17-8-10-18(11-9-17)28-15-20-7-4-13-27-20/h3,5-6,8-11,14,20H,2,4,7,12-13,15H2,1H3,(H2,23,24,25,29). The summed E-state index contributed by atoms with van der Waals surface area (Å²) in [5.41, 5.74) is 1.25. The predicted octanol–water partition coefficient (Wildman–Crippen LogP) is 4.16. The Morgan fingerprint density at radius 2 is 2.00 bits per heavy atom. The van der Waals surface area contributed by atoms with Crippen LogP contribution in [0.3, 0.4) is 0 Å². The summed E-state index contributed by atoms with van der Waals surface area (Å²) in [6.07, 6.45) is 3.22. The van der Waals surface area contributed by atoms with Gasteiger partial charge in [-0.25, -0.2) is 0 Å². The molecule has 1 aliphatic rings. The largest absolute Gasteiger partial charge is 0.494 e. The van der Waals surface area contributed by atoms with E-state index in [1.165, 1.54) is 0 Å². The SMILES string of the molecule is CCCOc1cccc(C(=O)NC(=S)Nc2ccc(OCC3CCCO3)cc2)c1. The predicted molar refractivity (Wildman–Crippen MR) is 117 cm³/mol. The molecule has 6 nitrogen and oxygen atoms in total. The number of rotatable bonds is 8. The van der Waals surface area contributed by atoms with Crippen LogP contribution in [-0.2, 0) is 4.74 Å². The molecule has 1 heterocycles. The van der Waals surface area contributed by atoms with Gasteiger partial charge in [0.05, 0.1) is 12.7 Å². The van der Waals surface area contributed by atoms with Crippen molar-refractivity contribution in [2.45, 2.75) is 32.3 Å². The number of ether oxygens (including phenoxy) is 3. The zero-order valence-corrected chi connectivity index (χ0v) is 17.3. The summed E-state index contributed by atoms with van der Waals surface area (Å²) in [5.74, 6) is 1.14. The summed E-state index contributed by atoms with van der Waals surface area (Å²) in [6, 6.07) is 14.4. The second-order valence-corrected chi connectivity index (χ2v) is 7.16. The van der Waals surface area contributed by atoms with Crippen molar-refractivity contribution in [1.29, 1.82) is 0 Å². The van der Waals surface area contributed by atoms with Crippen LogP contribution in [0.5, 0.6) is 11.5 Å². The second kappa shape index (κ2) is 10.8. The zero-order valence-electron chi connectivity index (χ0n) is 16.5. The zero-order chi connectivity index (χ0) is 20.5. The molecule has 0 radical (unpaired) electrons. The number of nitrogens with one attached hydrogen (secondary N) is 2. The van der Waals surface area contributed by atoms with E-state index in [4.69, 9.17) is 26.4 Å². The number of benzene rings is 2. The van der Waals surface area contributed by atoms with Crippen molar-refractivity contribution >= 4 is 28.9 Å². The molecular weight excluding hydrogens is 388 g/mol. The minimum atomic E-state index is -0.291. The van der Waals surface area contributed by atoms with E-state index in [0.717, 1.165) is 37.3 Å². The minimum Gasteiger partial charge on any atom is -0.494 e. The smallest absolute Gasteiger partial charge is 0.257 e. The van der Waals surface area contributed by atoms with Crippen LogP contribution in [0.1, 0.15) is 36.5 Å². The van der Waals surface area contributed by atoms with E-state index in [-0.39, 0.29) is 17.1 Å². The van der Waals surface area contributed by atoms with Crippen LogP contribution in [0.2, 0.25) is 0 Å². The van der Waals surface area contributed by atoms with Crippen LogP contribution >= 0.6 is 12.2 Å². The van der Waals surface area contributed by atoms with Gasteiger partial charge < -0.3 is 19.5 Å². The van der Waals surface area contributed by atoms with Crippen molar-refractivity contribution in [3.8, 4) is 11.5 Å². The summed E-state index contributed by atoms with van der Waals surface area (Å²) >= 11 is 5.25. The average Bonchev–Trinajstić information content (AvgIpc) is 3.25. The highest BCUT2D eigenvalue weighted by Crippen LogP contribution is 2.18. The molecule has 2 aromatic carbocycles.